The Morgan fingerprint density at radius 3 is 1.05 bits per heavy atom. The minimum atomic E-state index is -4.52. The molecule has 2 heterocycles. The molecular weight excluding hydrogens is 782 g/mol. The maximum Gasteiger partial charge on any atom is 0.415 e. The van der Waals surface area contributed by atoms with Crippen molar-refractivity contribution in [3.8, 4) is 44.5 Å². The molecular formula is C58H41F3N2. The highest BCUT2D eigenvalue weighted by Gasteiger charge is 2.29. The van der Waals surface area contributed by atoms with Gasteiger partial charge in [-0.1, -0.05) is 177 Å². The molecule has 0 radical (unpaired) electrons. The number of hydrogen-bond donors (Lipinski definition) is 0. The zero-order valence-corrected chi connectivity index (χ0v) is 34.4. The number of allylic oxidation sites excluding steroid dienone is 6. The first kappa shape index (κ1) is 39.3. The third-order valence-corrected chi connectivity index (χ3v) is 11.9. The van der Waals surface area contributed by atoms with Crippen molar-refractivity contribution in [2.45, 2.75) is 12.6 Å². The summed E-state index contributed by atoms with van der Waals surface area (Å²) in [6.07, 6.45) is 0.223. The molecule has 0 aliphatic carbocycles. The van der Waals surface area contributed by atoms with Crippen molar-refractivity contribution >= 4 is 55.0 Å². The van der Waals surface area contributed by atoms with Gasteiger partial charge in [-0.15, -0.1) is 0 Å². The van der Waals surface area contributed by atoms with Gasteiger partial charge in [-0.05, 0) is 99.5 Å². The molecule has 0 bridgehead atoms. The quantitative estimate of drug-likeness (QED) is 0.122. The molecule has 0 aliphatic heterocycles. The van der Waals surface area contributed by atoms with Crippen molar-refractivity contribution < 1.29 is 13.2 Å². The normalized spacial score (nSPS) is 12.3. The first-order valence-corrected chi connectivity index (χ1v) is 20.9. The molecule has 0 saturated carbocycles. The minimum Gasteiger partial charge on any atom is -0.308 e. The van der Waals surface area contributed by atoms with Crippen LogP contribution >= 0.6 is 0 Å². The second kappa shape index (κ2) is 16.2. The highest BCUT2D eigenvalue weighted by atomic mass is 19.4. The van der Waals surface area contributed by atoms with Crippen LogP contribution in [0.2, 0.25) is 0 Å². The molecule has 5 heteroatoms. The average molecular weight is 823 g/mol. The largest absolute Gasteiger partial charge is 0.415 e. The standard InChI is InChI=1S/C58H41F3N2/c1-39(58(59,60)61)17-15-16-26-53(63-56-33-29-47(43-22-11-5-12-23-43)37-51(56)52-38-48(30-34-57(52)63)44-24-13-6-14-25-44)40(2)62-54-31-27-45(41-18-7-3-8-19-41)35-49(54)50-36-46(28-32-55(50)62)42-20-9-4-10-21-42/h3-15,17-38H,1-2,16H2. The molecule has 304 valence electrons. The predicted molar refractivity (Wildman–Crippen MR) is 259 cm³/mol. The lowest BCUT2D eigenvalue weighted by molar-refractivity contribution is -0.0878. The Hall–Kier alpha value is -7.89. The van der Waals surface area contributed by atoms with Crippen LogP contribution in [0.5, 0.6) is 0 Å². The topological polar surface area (TPSA) is 9.86 Å². The van der Waals surface area contributed by atoms with Gasteiger partial charge >= 0.3 is 6.18 Å². The fourth-order valence-corrected chi connectivity index (χ4v) is 8.77. The number of alkyl halides is 3. The van der Waals surface area contributed by atoms with Gasteiger partial charge in [-0.3, -0.25) is 0 Å². The summed E-state index contributed by atoms with van der Waals surface area (Å²) < 4.78 is 45.3. The third kappa shape index (κ3) is 7.38. The fourth-order valence-electron chi connectivity index (χ4n) is 8.77. The summed E-state index contributed by atoms with van der Waals surface area (Å²) in [4.78, 5) is 0. The van der Waals surface area contributed by atoms with E-state index >= 15 is 0 Å². The SMILES string of the molecule is C=C(C(=CCC=CC(=C)C(F)(F)F)n1c2ccc(-c3ccccc3)cc2c2cc(-c3ccccc3)ccc21)n1c2ccc(-c3ccccc3)cc2c2cc(-c3ccccc3)ccc21. The first-order chi connectivity index (χ1) is 30.7. The van der Waals surface area contributed by atoms with Gasteiger partial charge < -0.3 is 9.13 Å². The van der Waals surface area contributed by atoms with E-state index in [0.29, 0.717) is 5.70 Å². The third-order valence-electron chi connectivity index (χ3n) is 11.9. The van der Waals surface area contributed by atoms with Crippen molar-refractivity contribution in [2.75, 3.05) is 0 Å². The van der Waals surface area contributed by atoms with Gasteiger partial charge in [0.1, 0.15) is 0 Å². The average Bonchev–Trinajstić information content (AvgIpc) is 3.83. The van der Waals surface area contributed by atoms with Gasteiger partial charge in [0.05, 0.1) is 33.5 Å². The van der Waals surface area contributed by atoms with Crippen LogP contribution < -0.4 is 0 Å². The van der Waals surface area contributed by atoms with E-state index in [0.717, 1.165) is 99.9 Å². The van der Waals surface area contributed by atoms with Gasteiger partial charge in [-0.25, -0.2) is 0 Å². The van der Waals surface area contributed by atoms with Crippen molar-refractivity contribution in [2.24, 2.45) is 0 Å². The van der Waals surface area contributed by atoms with Crippen molar-refractivity contribution in [1.29, 1.82) is 0 Å². The van der Waals surface area contributed by atoms with E-state index in [-0.39, 0.29) is 6.42 Å². The number of rotatable bonds is 10. The van der Waals surface area contributed by atoms with Crippen molar-refractivity contribution in [3.05, 3.63) is 231 Å². The highest BCUT2D eigenvalue weighted by molar-refractivity contribution is 6.17. The number of hydrogen-bond acceptors (Lipinski definition) is 0. The van der Waals surface area contributed by atoms with E-state index in [4.69, 9.17) is 6.58 Å². The Labute approximate surface area is 364 Å². The van der Waals surface area contributed by atoms with Crippen LogP contribution in [0.3, 0.4) is 0 Å². The molecule has 0 N–H and O–H groups in total. The number of aromatic nitrogens is 2. The summed E-state index contributed by atoms with van der Waals surface area (Å²) in [6.45, 7) is 8.15. The Balaban J connectivity index is 1.23. The highest BCUT2D eigenvalue weighted by Crippen LogP contribution is 2.43. The van der Waals surface area contributed by atoms with Gasteiger partial charge in [-0.2, -0.15) is 13.2 Å². The lowest BCUT2D eigenvalue weighted by Gasteiger charge is -2.19. The smallest absolute Gasteiger partial charge is 0.308 e. The van der Waals surface area contributed by atoms with Crippen LogP contribution in [-0.2, 0) is 0 Å². The molecule has 2 nitrogen and oxygen atoms in total. The molecule has 0 spiro atoms. The molecule has 63 heavy (non-hydrogen) atoms. The molecule has 0 aliphatic rings. The summed E-state index contributed by atoms with van der Waals surface area (Å²) in [7, 11) is 0. The van der Waals surface area contributed by atoms with Crippen LogP contribution in [-0.4, -0.2) is 15.3 Å². The van der Waals surface area contributed by atoms with Crippen LogP contribution in [0.25, 0.3) is 99.5 Å². The van der Waals surface area contributed by atoms with Gasteiger partial charge in [0.2, 0.25) is 0 Å². The Morgan fingerprint density at radius 2 is 0.730 bits per heavy atom. The van der Waals surface area contributed by atoms with Crippen LogP contribution in [0, 0.1) is 0 Å². The zero-order valence-electron chi connectivity index (χ0n) is 34.4. The minimum absolute atomic E-state index is 0.197. The van der Waals surface area contributed by atoms with Crippen LogP contribution in [0.4, 0.5) is 13.2 Å². The zero-order chi connectivity index (χ0) is 43.1. The maximum atomic E-state index is 13.6. The maximum absolute atomic E-state index is 13.6. The number of nitrogens with zero attached hydrogens (tertiary/aromatic N) is 2. The predicted octanol–water partition coefficient (Wildman–Crippen LogP) is 16.6. The fraction of sp³-hybridized carbons (Fsp3) is 0.0345. The number of halogens is 3. The molecule has 0 unspecified atom stereocenters. The summed E-state index contributed by atoms with van der Waals surface area (Å²) in [5.74, 6) is 0. The Kier molecular flexibility index (Phi) is 10.1. The van der Waals surface area contributed by atoms with Crippen LogP contribution in [0.1, 0.15) is 6.42 Å². The molecule has 10 aromatic rings. The van der Waals surface area contributed by atoms with E-state index in [9.17, 15) is 13.2 Å². The second-order valence-corrected chi connectivity index (χ2v) is 15.8. The van der Waals surface area contributed by atoms with E-state index in [2.05, 4.69) is 137 Å². The molecule has 0 amide bonds. The Morgan fingerprint density at radius 1 is 0.413 bits per heavy atom. The molecule has 0 fully saturated rings. The second-order valence-electron chi connectivity index (χ2n) is 15.8. The van der Waals surface area contributed by atoms with E-state index in [1.54, 1.807) is 0 Å². The molecule has 2 aromatic heterocycles. The monoisotopic (exact) mass is 822 g/mol. The van der Waals surface area contributed by atoms with Crippen LogP contribution in [0.15, 0.2) is 231 Å². The summed E-state index contributed by atoms with van der Waals surface area (Å²) in [5, 5.41) is 4.22. The van der Waals surface area contributed by atoms with Gasteiger partial charge in [0, 0.05) is 27.1 Å². The van der Waals surface area contributed by atoms with Gasteiger partial charge in [0.15, 0.2) is 0 Å². The lowest BCUT2D eigenvalue weighted by atomic mass is 10.0. The number of fused-ring (bicyclic) bond motifs is 6. The first-order valence-electron chi connectivity index (χ1n) is 20.9. The molecule has 10 rings (SSSR count). The summed E-state index contributed by atoms with van der Waals surface area (Å²) in [5.41, 5.74) is 13.1. The van der Waals surface area contributed by atoms with E-state index in [1.165, 1.54) is 6.08 Å². The summed E-state index contributed by atoms with van der Waals surface area (Å²) >= 11 is 0. The molecule has 0 saturated heterocycles. The van der Waals surface area contributed by atoms with E-state index in [1.807, 2.05) is 78.9 Å². The van der Waals surface area contributed by atoms with E-state index < -0.39 is 11.7 Å². The lowest BCUT2D eigenvalue weighted by Crippen LogP contribution is -2.08. The number of benzene rings is 8. The van der Waals surface area contributed by atoms with Crippen molar-refractivity contribution in [1.82, 2.24) is 9.13 Å². The Bertz CT molecular complexity index is 3210. The van der Waals surface area contributed by atoms with Gasteiger partial charge in [0.25, 0.3) is 0 Å². The summed E-state index contributed by atoms with van der Waals surface area (Å²) in [6, 6.07) is 67.4. The molecule has 8 aromatic carbocycles. The molecule has 0 atom stereocenters. The van der Waals surface area contributed by atoms with Crippen molar-refractivity contribution in [3.63, 3.8) is 0 Å².